The predicted octanol–water partition coefficient (Wildman–Crippen LogP) is 4.01. The number of nitrogens with one attached hydrogen (secondary N) is 1. The summed E-state index contributed by atoms with van der Waals surface area (Å²) in [7, 11) is 0. The molecule has 0 bridgehead atoms. The molecule has 4 nitrogen and oxygen atoms in total. The molecule has 23 heavy (non-hydrogen) atoms. The van der Waals surface area contributed by atoms with Crippen LogP contribution in [0.25, 0.3) is 10.9 Å². The summed E-state index contributed by atoms with van der Waals surface area (Å²) in [5.74, 6) is 0. The van der Waals surface area contributed by atoms with Crippen molar-refractivity contribution in [1.29, 1.82) is 0 Å². The van der Waals surface area contributed by atoms with Crippen LogP contribution in [0.5, 0.6) is 0 Å². The summed E-state index contributed by atoms with van der Waals surface area (Å²) in [6, 6.07) is 17.9. The van der Waals surface area contributed by atoms with Crippen LogP contribution in [0.15, 0.2) is 73.1 Å². The summed E-state index contributed by atoms with van der Waals surface area (Å²) in [4.78, 5) is 3.26. The summed E-state index contributed by atoms with van der Waals surface area (Å²) in [5, 5.41) is 12.6. The lowest BCUT2D eigenvalue weighted by Gasteiger charge is -2.24. The third-order valence-electron chi connectivity index (χ3n) is 4.25. The van der Waals surface area contributed by atoms with Gasteiger partial charge in [-0.3, -0.25) is 10.3 Å². The molecule has 0 amide bonds. The summed E-state index contributed by atoms with van der Waals surface area (Å²) < 4.78 is 6.04. The minimum Gasteiger partial charge on any atom is -0.367 e. The van der Waals surface area contributed by atoms with Gasteiger partial charge in [-0.15, -0.1) is 0 Å². The maximum atomic E-state index is 10.2. The van der Waals surface area contributed by atoms with Gasteiger partial charge in [0.2, 0.25) is 0 Å². The Balaban J connectivity index is 1.59. The first-order valence-corrected chi connectivity index (χ1v) is 7.70. The number of nitrogens with zero attached hydrogens (tertiary/aromatic N) is 1. The van der Waals surface area contributed by atoms with Crippen molar-refractivity contribution in [2.75, 3.05) is 0 Å². The molecule has 0 fully saturated rings. The second-order valence-electron chi connectivity index (χ2n) is 5.72. The topological polar surface area (TPSA) is 48.5 Å². The molecule has 116 valence electrons. The minimum atomic E-state index is -0.241. The van der Waals surface area contributed by atoms with Crippen LogP contribution in [0.3, 0.4) is 0 Å². The zero-order valence-corrected chi connectivity index (χ0v) is 12.6. The van der Waals surface area contributed by atoms with Gasteiger partial charge >= 0.3 is 0 Å². The molecule has 2 heterocycles. The molecule has 2 unspecified atom stereocenters. The van der Waals surface area contributed by atoms with Gasteiger partial charge in [0.05, 0.1) is 6.61 Å². The van der Waals surface area contributed by atoms with Crippen molar-refractivity contribution < 1.29 is 9.94 Å². The standard InChI is InChI=1S/C19H18N2O2/c22-21-11-10-18(23-13-14-6-2-1-3-7-14)19(21)16-12-20-17-9-5-4-8-15(16)17/h1-12,18-20,22H,13H2. The Morgan fingerprint density at radius 1 is 1.04 bits per heavy atom. The quantitative estimate of drug-likeness (QED) is 0.765. The van der Waals surface area contributed by atoms with Crippen molar-refractivity contribution in [2.24, 2.45) is 0 Å². The lowest BCUT2D eigenvalue weighted by atomic mass is 10.0. The molecule has 0 spiro atoms. The highest BCUT2D eigenvalue weighted by atomic mass is 16.5. The molecule has 4 rings (SSSR count). The SMILES string of the molecule is ON1C=CC(OCc2ccccc2)C1c1c[nH]c2ccccc12. The Kier molecular flexibility index (Phi) is 3.61. The van der Waals surface area contributed by atoms with E-state index >= 15 is 0 Å². The average Bonchev–Trinajstić information content (AvgIpc) is 3.17. The number of rotatable bonds is 4. The van der Waals surface area contributed by atoms with Gasteiger partial charge in [-0.2, -0.15) is 0 Å². The molecule has 3 aromatic rings. The number of fused-ring (bicyclic) bond motifs is 1. The summed E-state index contributed by atoms with van der Waals surface area (Å²) in [6.45, 7) is 0.516. The smallest absolute Gasteiger partial charge is 0.112 e. The van der Waals surface area contributed by atoms with E-state index in [1.165, 1.54) is 5.06 Å². The van der Waals surface area contributed by atoms with Crippen LogP contribution in [0.2, 0.25) is 0 Å². The van der Waals surface area contributed by atoms with Crippen molar-refractivity contribution in [3.63, 3.8) is 0 Å². The van der Waals surface area contributed by atoms with Crippen LogP contribution in [0.1, 0.15) is 17.2 Å². The number of ether oxygens (including phenoxy) is 1. The Morgan fingerprint density at radius 3 is 2.70 bits per heavy atom. The number of benzene rings is 2. The first-order chi connectivity index (χ1) is 11.3. The van der Waals surface area contributed by atoms with E-state index in [1.54, 1.807) is 6.20 Å². The van der Waals surface area contributed by atoms with Crippen molar-refractivity contribution in [2.45, 2.75) is 18.8 Å². The Labute approximate surface area is 134 Å². The Morgan fingerprint density at radius 2 is 1.83 bits per heavy atom. The van der Waals surface area contributed by atoms with Crippen molar-refractivity contribution in [1.82, 2.24) is 10.0 Å². The first kappa shape index (κ1) is 14.1. The van der Waals surface area contributed by atoms with E-state index < -0.39 is 0 Å². The molecular formula is C19H18N2O2. The van der Waals surface area contributed by atoms with Crippen molar-refractivity contribution in [3.05, 3.63) is 84.2 Å². The highest BCUT2D eigenvalue weighted by Gasteiger charge is 2.32. The molecule has 1 aliphatic rings. The third kappa shape index (κ3) is 2.63. The monoisotopic (exact) mass is 306 g/mol. The lowest BCUT2D eigenvalue weighted by molar-refractivity contribution is -0.106. The fraction of sp³-hybridized carbons (Fsp3) is 0.158. The van der Waals surface area contributed by atoms with Gasteiger partial charge in [0.25, 0.3) is 0 Å². The molecule has 2 N–H and O–H groups in total. The number of aromatic nitrogens is 1. The van der Waals surface area contributed by atoms with E-state index in [2.05, 4.69) is 11.1 Å². The van der Waals surface area contributed by atoms with Gasteiger partial charge in [0.1, 0.15) is 12.1 Å². The number of hydroxylamine groups is 2. The molecule has 2 aromatic carbocycles. The van der Waals surface area contributed by atoms with Gasteiger partial charge in [0.15, 0.2) is 0 Å². The van der Waals surface area contributed by atoms with Crippen LogP contribution in [0.4, 0.5) is 0 Å². The third-order valence-corrected chi connectivity index (χ3v) is 4.25. The van der Waals surface area contributed by atoms with Gasteiger partial charge < -0.3 is 9.72 Å². The van der Waals surface area contributed by atoms with Gasteiger partial charge in [-0.05, 0) is 17.7 Å². The van der Waals surface area contributed by atoms with Crippen LogP contribution in [-0.4, -0.2) is 21.4 Å². The maximum Gasteiger partial charge on any atom is 0.112 e. The van der Waals surface area contributed by atoms with E-state index in [0.29, 0.717) is 6.61 Å². The second-order valence-corrected chi connectivity index (χ2v) is 5.72. The first-order valence-electron chi connectivity index (χ1n) is 7.70. The maximum absolute atomic E-state index is 10.2. The Bertz CT molecular complexity index is 826. The largest absolute Gasteiger partial charge is 0.367 e. The van der Waals surface area contributed by atoms with Gasteiger partial charge in [-0.1, -0.05) is 48.5 Å². The highest BCUT2D eigenvalue weighted by molar-refractivity contribution is 5.83. The fourth-order valence-corrected chi connectivity index (χ4v) is 3.09. The lowest BCUT2D eigenvalue weighted by Crippen LogP contribution is -2.26. The van der Waals surface area contributed by atoms with Crippen LogP contribution >= 0.6 is 0 Å². The molecule has 1 aromatic heterocycles. The summed E-state index contributed by atoms with van der Waals surface area (Å²) in [5.41, 5.74) is 3.21. The zero-order valence-electron chi connectivity index (χ0n) is 12.6. The summed E-state index contributed by atoms with van der Waals surface area (Å²) >= 11 is 0. The van der Waals surface area contributed by atoms with Gasteiger partial charge in [-0.25, -0.2) is 0 Å². The highest BCUT2D eigenvalue weighted by Crippen LogP contribution is 2.35. The molecule has 0 radical (unpaired) electrons. The molecular weight excluding hydrogens is 288 g/mol. The van der Waals surface area contributed by atoms with Crippen LogP contribution in [-0.2, 0) is 11.3 Å². The average molecular weight is 306 g/mol. The predicted molar refractivity (Wildman–Crippen MR) is 88.8 cm³/mol. The number of para-hydroxylation sites is 1. The molecule has 0 saturated carbocycles. The molecule has 1 aliphatic heterocycles. The Hall–Kier alpha value is -2.56. The van der Waals surface area contributed by atoms with Crippen molar-refractivity contribution in [3.8, 4) is 0 Å². The van der Waals surface area contributed by atoms with Crippen LogP contribution in [0, 0.1) is 0 Å². The van der Waals surface area contributed by atoms with E-state index in [1.807, 2.05) is 60.8 Å². The second kappa shape index (κ2) is 5.91. The van der Waals surface area contributed by atoms with E-state index in [4.69, 9.17) is 4.74 Å². The van der Waals surface area contributed by atoms with Crippen molar-refractivity contribution >= 4 is 10.9 Å². The van der Waals surface area contributed by atoms with Gasteiger partial charge in [0, 0.05) is 28.9 Å². The molecule has 0 saturated heterocycles. The van der Waals surface area contributed by atoms with E-state index in [9.17, 15) is 5.21 Å². The molecule has 0 aliphatic carbocycles. The van der Waals surface area contributed by atoms with E-state index in [-0.39, 0.29) is 12.1 Å². The molecule has 4 heteroatoms. The fourth-order valence-electron chi connectivity index (χ4n) is 3.09. The number of aromatic amines is 1. The number of H-pyrrole nitrogens is 1. The molecule has 2 atom stereocenters. The zero-order chi connectivity index (χ0) is 15.6. The minimum absolute atomic E-state index is 0.195. The van der Waals surface area contributed by atoms with Crippen LogP contribution < -0.4 is 0 Å². The number of hydrogen-bond donors (Lipinski definition) is 2. The normalized spacial score (nSPS) is 20.5. The number of hydrogen-bond acceptors (Lipinski definition) is 3. The van der Waals surface area contributed by atoms with E-state index in [0.717, 1.165) is 22.0 Å². The summed E-state index contributed by atoms with van der Waals surface area (Å²) in [6.07, 6.45) is 5.32.